The monoisotopic (exact) mass is 277 g/mol. The van der Waals surface area contributed by atoms with Crippen molar-refractivity contribution in [2.45, 2.75) is 38.6 Å². The summed E-state index contributed by atoms with van der Waals surface area (Å²) in [4.78, 5) is 4.80. The Hall–Kier alpha value is -1.06. The number of benzene rings is 1. The number of hydrogen-bond acceptors (Lipinski definition) is 2. The molecule has 3 rings (SSSR count). The average molecular weight is 278 g/mol. The topological polar surface area (TPSA) is 43.8 Å². The molecule has 1 aliphatic carbocycles. The summed E-state index contributed by atoms with van der Waals surface area (Å²) in [5, 5.41) is 0.784. The molecule has 1 aromatic carbocycles. The van der Waals surface area contributed by atoms with Crippen LogP contribution in [0.25, 0.3) is 11.0 Å². The van der Waals surface area contributed by atoms with Gasteiger partial charge in [-0.1, -0.05) is 24.9 Å². The third-order valence-electron chi connectivity index (χ3n) is 4.02. The fourth-order valence-corrected chi connectivity index (χ4v) is 2.82. The number of fused-ring (bicyclic) bond motifs is 1. The Bertz CT molecular complexity index is 582. The molecule has 0 bridgehead atoms. The summed E-state index contributed by atoms with van der Waals surface area (Å²) in [6, 6.07) is 6.59. The number of nitrogens with zero attached hydrogens (tertiary/aromatic N) is 2. The van der Waals surface area contributed by atoms with E-state index >= 15 is 0 Å². The van der Waals surface area contributed by atoms with Crippen LogP contribution in [0.1, 0.15) is 38.1 Å². The standard InChI is InChI=1S/C15H20ClN3/c1-2-10(9-17)7-15-18-13-6-3-11(16)8-14(13)19(15)12-4-5-12/h3,6,8,10,12H,2,4-5,7,9,17H2,1H3. The number of rotatable bonds is 5. The Morgan fingerprint density at radius 3 is 2.89 bits per heavy atom. The molecule has 1 aliphatic rings. The lowest BCUT2D eigenvalue weighted by atomic mass is 10.0. The van der Waals surface area contributed by atoms with Gasteiger partial charge >= 0.3 is 0 Å². The predicted molar refractivity (Wildman–Crippen MR) is 79.6 cm³/mol. The minimum atomic E-state index is 0.518. The minimum Gasteiger partial charge on any atom is -0.330 e. The smallest absolute Gasteiger partial charge is 0.110 e. The van der Waals surface area contributed by atoms with Crippen molar-refractivity contribution < 1.29 is 0 Å². The van der Waals surface area contributed by atoms with Gasteiger partial charge in [-0.15, -0.1) is 0 Å². The van der Waals surface area contributed by atoms with E-state index in [1.54, 1.807) is 0 Å². The highest BCUT2D eigenvalue weighted by molar-refractivity contribution is 6.31. The summed E-state index contributed by atoms with van der Waals surface area (Å²) in [5.74, 6) is 1.70. The molecule has 4 heteroatoms. The van der Waals surface area contributed by atoms with Crippen LogP contribution < -0.4 is 5.73 Å². The first-order valence-electron chi connectivity index (χ1n) is 7.09. The molecule has 102 valence electrons. The van der Waals surface area contributed by atoms with E-state index in [2.05, 4.69) is 11.5 Å². The van der Waals surface area contributed by atoms with Crippen molar-refractivity contribution in [1.29, 1.82) is 0 Å². The molecule has 19 heavy (non-hydrogen) atoms. The van der Waals surface area contributed by atoms with Gasteiger partial charge in [0.05, 0.1) is 11.0 Å². The summed E-state index contributed by atoms with van der Waals surface area (Å²) >= 11 is 6.12. The second-order valence-electron chi connectivity index (χ2n) is 5.48. The van der Waals surface area contributed by atoms with Crippen molar-refractivity contribution in [3.8, 4) is 0 Å². The number of nitrogens with two attached hydrogens (primary N) is 1. The first-order valence-corrected chi connectivity index (χ1v) is 7.47. The van der Waals surface area contributed by atoms with Crippen LogP contribution in [-0.2, 0) is 6.42 Å². The van der Waals surface area contributed by atoms with Crippen LogP contribution in [0.4, 0.5) is 0 Å². The highest BCUT2D eigenvalue weighted by Gasteiger charge is 2.28. The van der Waals surface area contributed by atoms with Crippen LogP contribution in [0.15, 0.2) is 18.2 Å². The second-order valence-corrected chi connectivity index (χ2v) is 5.91. The molecule has 0 spiro atoms. The molecule has 1 unspecified atom stereocenters. The van der Waals surface area contributed by atoms with Gasteiger partial charge in [0.25, 0.3) is 0 Å². The maximum atomic E-state index is 6.12. The Morgan fingerprint density at radius 2 is 2.26 bits per heavy atom. The van der Waals surface area contributed by atoms with Crippen LogP contribution in [0.3, 0.4) is 0 Å². The van der Waals surface area contributed by atoms with E-state index < -0.39 is 0 Å². The summed E-state index contributed by atoms with van der Waals surface area (Å²) in [5.41, 5.74) is 8.06. The third-order valence-corrected chi connectivity index (χ3v) is 4.25. The van der Waals surface area contributed by atoms with Gasteiger partial charge in [-0.05, 0) is 43.5 Å². The lowest BCUT2D eigenvalue weighted by Crippen LogP contribution is -2.18. The van der Waals surface area contributed by atoms with Gasteiger partial charge in [0, 0.05) is 17.5 Å². The lowest BCUT2D eigenvalue weighted by molar-refractivity contribution is 0.492. The predicted octanol–water partition coefficient (Wildman–Crippen LogP) is 3.55. The van der Waals surface area contributed by atoms with E-state index in [9.17, 15) is 0 Å². The second kappa shape index (κ2) is 5.14. The molecule has 1 heterocycles. The van der Waals surface area contributed by atoms with E-state index in [0.717, 1.165) is 29.9 Å². The highest BCUT2D eigenvalue weighted by Crippen LogP contribution is 2.39. The normalized spacial score (nSPS) is 17.0. The summed E-state index contributed by atoms with van der Waals surface area (Å²) in [7, 11) is 0. The Kier molecular flexibility index (Phi) is 3.50. The summed E-state index contributed by atoms with van der Waals surface area (Å²) < 4.78 is 2.39. The Morgan fingerprint density at radius 1 is 1.47 bits per heavy atom. The van der Waals surface area contributed by atoms with Crippen LogP contribution >= 0.6 is 11.6 Å². The molecule has 0 aliphatic heterocycles. The van der Waals surface area contributed by atoms with Crippen molar-refractivity contribution >= 4 is 22.6 Å². The van der Waals surface area contributed by atoms with Gasteiger partial charge in [-0.2, -0.15) is 0 Å². The van der Waals surface area contributed by atoms with E-state index in [1.165, 1.54) is 24.2 Å². The molecule has 1 aromatic heterocycles. The maximum Gasteiger partial charge on any atom is 0.110 e. The van der Waals surface area contributed by atoms with E-state index in [4.69, 9.17) is 22.3 Å². The zero-order chi connectivity index (χ0) is 13.4. The molecular weight excluding hydrogens is 258 g/mol. The fraction of sp³-hybridized carbons (Fsp3) is 0.533. The molecular formula is C15H20ClN3. The molecule has 0 amide bonds. The van der Waals surface area contributed by atoms with E-state index in [-0.39, 0.29) is 0 Å². The van der Waals surface area contributed by atoms with E-state index in [1.807, 2.05) is 18.2 Å². The highest BCUT2D eigenvalue weighted by atomic mass is 35.5. The first kappa shape index (κ1) is 12.9. The number of aromatic nitrogens is 2. The first-order chi connectivity index (χ1) is 9.22. The molecule has 1 atom stereocenters. The largest absolute Gasteiger partial charge is 0.330 e. The Balaban J connectivity index is 2.05. The quantitative estimate of drug-likeness (QED) is 0.908. The maximum absolute atomic E-state index is 6.12. The lowest BCUT2D eigenvalue weighted by Gasteiger charge is -2.13. The summed E-state index contributed by atoms with van der Waals surface area (Å²) in [6.07, 6.45) is 4.58. The van der Waals surface area contributed by atoms with E-state index in [0.29, 0.717) is 12.0 Å². The fourth-order valence-electron chi connectivity index (χ4n) is 2.65. The average Bonchev–Trinajstić information content (AvgIpc) is 3.18. The van der Waals surface area contributed by atoms with Gasteiger partial charge < -0.3 is 10.3 Å². The van der Waals surface area contributed by atoms with Crippen LogP contribution in [0.2, 0.25) is 5.02 Å². The number of halogens is 1. The van der Waals surface area contributed by atoms with Gasteiger partial charge in [0.15, 0.2) is 0 Å². The zero-order valence-corrected chi connectivity index (χ0v) is 12.0. The van der Waals surface area contributed by atoms with Crippen molar-refractivity contribution in [3.05, 3.63) is 29.0 Å². The molecule has 1 saturated carbocycles. The molecule has 1 fully saturated rings. The van der Waals surface area contributed by atoms with Crippen molar-refractivity contribution in [1.82, 2.24) is 9.55 Å². The number of imidazole rings is 1. The van der Waals surface area contributed by atoms with Crippen molar-refractivity contribution in [2.75, 3.05) is 6.54 Å². The Labute approximate surface area is 118 Å². The molecule has 2 aromatic rings. The van der Waals surface area contributed by atoms with Crippen LogP contribution in [-0.4, -0.2) is 16.1 Å². The van der Waals surface area contributed by atoms with Crippen molar-refractivity contribution in [2.24, 2.45) is 11.7 Å². The summed E-state index contributed by atoms with van der Waals surface area (Å²) in [6.45, 7) is 2.92. The van der Waals surface area contributed by atoms with Gasteiger partial charge in [0.2, 0.25) is 0 Å². The molecule has 2 N–H and O–H groups in total. The van der Waals surface area contributed by atoms with Gasteiger partial charge in [-0.3, -0.25) is 0 Å². The van der Waals surface area contributed by atoms with Crippen molar-refractivity contribution in [3.63, 3.8) is 0 Å². The molecule has 3 nitrogen and oxygen atoms in total. The molecule has 0 saturated heterocycles. The zero-order valence-electron chi connectivity index (χ0n) is 11.3. The van der Waals surface area contributed by atoms with Crippen LogP contribution in [0, 0.1) is 5.92 Å². The SMILES string of the molecule is CCC(CN)Cc1nc2ccc(Cl)cc2n1C1CC1. The molecule has 0 radical (unpaired) electrons. The minimum absolute atomic E-state index is 0.518. The van der Waals surface area contributed by atoms with Gasteiger partial charge in [0.1, 0.15) is 5.82 Å². The third kappa shape index (κ3) is 2.49. The van der Waals surface area contributed by atoms with Gasteiger partial charge in [-0.25, -0.2) is 4.98 Å². The van der Waals surface area contributed by atoms with Crippen LogP contribution in [0.5, 0.6) is 0 Å². The number of hydrogen-bond donors (Lipinski definition) is 1.